The van der Waals surface area contributed by atoms with Gasteiger partial charge in [-0.25, -0.2) is 8.42 Å². The summed E-state index contributed by atoms with van der Waals surface area (Å²) < 4.78 is 25.7. The molecule has 0 saturated carbocycles. The molecule has 0 spiro atoms. The van der Waals surface area contributed by atoms with E-state index < -0.39 is 9.84 Å². The Morgan fingerprint density at radius 1 is 1.12 bits per heavy atom. The van der Waals surface area contributed by atoms with Crippen molar-refractivity contribution >= 4 is 32.9 Å². The molecule has 3 heterocycles. The minimum absolute atomic E-state index is 0.00992. The van der Waals surface area contributed by atoms with E-state index in [0.717, 1.165) is 28.2 Å². The Labute approximate surface area is 191 Å². The van der Waals surface area contributed by atoms with Gasteiger partial charge in [0.25, 0.3) is 0 Å². The van der Waals surface area contributed by atoms with Gasteiger partial charge in [0, 0.05) is 29.5 Å². The molecule has 1 saturated heterocycles. The molecule has 0 aliphatic carbocycles. The lowest BCUT2D eigenvalue weighted by molar-refractivity contribution is -0.130. The molecular weight excluding hydrogens is 448 g/mol. The van der Waals surface area contributed by atoms with Crippen LogP contribution >= 0.6 is 11.6 Å². The van der Waals surface area contributed by atoms with Crippen LogP contribution in [0.15, 0.2) is 54.6 Å². The van der Waals surface area contributed by atoms with Crippen LogP contribution in [0, 0.1) is 6.92 Å². The third kappa shape index (κ3) is 3.73. The van der Waals surface area contributed by atoms with Crippen LogP contribution < -0.4 is 0 Å². The van der Waals surface area contributed by atoms with E-state index in [1.165, 1.54) is 4.90 Å². The highest BCUT2D eigenvalue weighted by molar-refractivity contribution is 7.91. The summed E-state index contributed by atoms with van der Waals surface area (Å²) in [7, 11) is -3.20. The zero-order valence-corrected chi connectivity index (χ0v) is 19.0. The number of aryl methyl sites for hydroxylation is 1. The Balaban J connectivity index is 1.62. The van der Waals surface area contributed by atoms with Crippen molar-refractivity contribution in [3.63, 3.8) is 0 Å². The molecule has 7 nitrogen and oxygen atoms in total. The van der Waals surface area contributed by atoms with E-state index in [4.69, 9.17) is 11.6 Å². The number of halogens is 1. The molecule has 32 heavy (non-hydrogen) atoms. The van der Waals surface area contributed by atoms with Gasteiger partial charge in [0.2, 0.25) is 5.91 Å². The molecule has 1 aromatic heterocycles. The maximum absolute atomic E-state index is 13.0. The molecule has 2 aliphatic rings. The number of para-hydroxylation sites is 1. The van der Waals surface area contributed by atoms with E-state index in [9.17, 15) is 13.2 Å². The number of fused-ring (bicyclic) bond motifs is 3. The fourth-order valence-corrected chi connectivity index (χ4v) is 5.84. The Morgan fingerprint density at radius 3 is 2.59 bits per heavy atom. The number of carbonyl (C=O) groups is 1. The molecule has 0 unspecified atom stereocenters. The van der Waals surface area contributed by atoms with Crippen molar-refractivity contribution in [1.29, 1.82) is 0 Å². The Morgan fingerprint density at radius 2 is 1.88 bits per heavy atom. The minimum atomic E-state index is -3.20. The molecule has 2 aromatic carbocycles. The maximum atomic E-state index is 13.0. The van der Waals surface area contributed by atoms with Gasteiger partial charge in [-0.3, -0.25) is 9.36 Å². The zero-order chi connectivity index (χ0) is 22.5. The molecule has 0 N–H and O–H groups in total. The highest BCUT2D eigenvalue weighted by Crippen LogP contribution is 2.38. The number of rotatable bonds is 3. The van der Waals surface area contributed by atoms with Crippen molar-refractivity contribution in [3.05, 3.63) is 82.4 Å². The van der Waals surface area contributed by atoms with E-state index in [0.29, 0.717) is 10.8 Å². The second kappa shape index (κ2) is 7.86. The summed E-state index contributed by atoms with van der Waals surface area (Å²) in [6, 6.07) is 15.6. The van der Waals surface area contributed by atoms with E-state index in [1.54, 1.807) is 0 Å². The third-order valence-corrected chi connectivity index (χ3v) is 7.67. The number of sulfone groups is 1. The monoisotopic (exact) mass is 468 g/mol. The third-order valence-electron chi connectivity index (χ3n) is 5.91. The SMILES string of the molecule is Cc1nnc2n1-c1ccccc1C(c1ccc(Cl)cc1)=C[C@H]2CC(=O)N1CCS(=O)(=O)C1. The fraction of sp³-hybridized carbons (Fsp3) is 0.261. The Bertz CT molecular complexity index is 1350. The average molecular weight is 469 g/mol. The molecule has 0 bridgehead atoms. The average Bonchev–Trinajstić information content (AvgIpc) is 3.29. The molecule has 1 atom stereocenters. The fourth-order valence-electron chi connectivity index (χ4n) is 4.34. The first kappa shape index (κ1) is 20.9. The molecule has 1 fully saturated rings. The van der Waals surface area contributed by atoms with Crippen LogP contribution in [-0.2, 0) is 14.6 Å². The lowest BCUT2D eigenvalue weighted by atomic mass is 9.92. The summed E-state index contributed by atoms with van der Waals surface area (Å²) in [5, 5.41) is 9.32. The number of allylic oxidation sites excluding steroid dienone is 1. The number of carbonyl (C=O) groups excluding carboxylic acids is 1. The van der Waals surface area contributed by atoms with Gasteiger partial charge < -0.3 is 4.90 Å². The van der Waals surface area contributed by atoms with E-state index in [2.05, 4.69) is 10.2 Å². The maximum Gasteiger partial charge on any atom is 0.224 e. The van der Waals surface area contributed by atoms with E-state index >= 15 is 0 Å². The number of aromatic nitrogens is 3. The Hall–Kier alpha value is -2.97. The predicted molar refractivity (Wildman–Crippen MR) is 122 cm³/mol. The summed E-state index contributed by atoms with van der Waals surface area (Å²) in [5.41, 5.74) is 3.87. The van der Waals surface area contributed by atoms with Gasteiger partial charge >= 0.3 is 0 Å². The van der Waals surface area contributed by atoms with Crippen LogP contribution in [0.3, 0.4) is 0 Å². The molecule has 1 amide bonds. The van der Waals surface area contributed by atoms with Crippen molar-refractivity contribution in [1.82, 2.24) is 19.7 Å². The molecular formula is C23H21ClN4O3S. The van der Waals surface area contributed by atoms with Crippen molar-refractivity contribution < 1.29 is 13.2 Å². The van der Waals surface area contributed by atoms with Crippen molar-refractivity contribution in [2.45, 2.75) is 19.3 Å². The number of hydrogen-bond acceptors (Lipinski definition) is 5. The highest BCUT2D eigenvalue weighted by Gasteiger charge is 2.33. The largest absolute Gasteiger partial charge is 0.327 e. The molecule has 164 valence electrons. The summed E-state index contributed by atoms with van der Waals surface area (Å²) in [6.07, 6.45) is 2.15. The highest BCUT2D eigenvalue weighted by atomic mass is 35.5. The lowest BCUT2D eigenvalue weighted by Crippen LogP contribution is -2.30. The van der Waals surface area contributed by atoms with Crippen LogP contribution in [0.1, 0.15) is 35.1 Å². The van der Waals surface area contributed by atoms with Crippen LogP contribution in [0.25, 0.3) is 11.3 Å². The van der Waals surface area contributed by atoms with Gasteiger partial charge in [0.1, 0.15) is 17.5 Å². The quantitative estimate of drug-likeness (QED) is 0.588. The van der Waals surface area contributed by atoms with Crippen molar-refractivity contribution in [3.8, 4) is 5.69 Å². The minimum Gasteiger partial charge on any atom is -0.327 e. The normalized spacial score (nSPS) is 19.1. The van der Waals surface area contributed by atoms with Crippen LogP contribution in [-0.4, -0.2) is 52.2 Å². The smallest absolute Gasteiger partial charge is 0.224 e. The Kier molecular flexibility index (Phi) is 5.14. The number of benzene rings is 2. The van der Waals surface area contributed by atoms with Gasteiger partial charge in [-0.05, 0) is 36.3 Å². The van der Waals surface area contributed by atoms with E-state index in [-0.39, 0.29) is 36.4 Å². The predicted octanol–water partition coefficient (Wildman–Crippen LogP) is 3.36. The molecule has 2 aliphatic heterocycles. The molecule has 9 heteroatoms. The first-order chi connectivity index (χ1) is 15.3. The summed E-state index contributed by atoms with van der Waals surface area (Å²) in [4.78, 5) is 14.5. The van der Waals surface area contributed by atoms with Crippen LogP contribution in [0.4, 0.5) is 0 Å². The van der Waals surface area contributed by atoms with Crippen molar-refractivity contribution in [2.75, 3.05) is 18.2 Å². The standard InChI is InChI=1S/C23H21ClN4O3S/c1-15-25-26-23-17(13-22(29)27-10-11-32(30,31)14-27)12-20(16-6-8-18(24)9-7-16)19-4-2-3-5-21(19)28(15)23/h2-9,12,17H,10-11,13-14H2,1H3/t17-/m0/s1. The summed E-state index contributed by atoms with van der Waals surface area (Å²) in [5.74, 6) is 0.591. The van der Waals surface area contributed by atoms with Crippen molar-refractivity contribution in [2.24, 2.45) is 0 Å². The second-order valence-corrected chi connectivity index (χ2v) is 10.7. The van der Waals surface area contributed by atoms with Gasteiger partial charge in [0.05, 0.1) is 11.4 Å². The van der Waals surface area contributed by atoms with Gasteiger partial charge in [-0.1, -0.05) is 48.0 Å². The lowest BCUT2D eigenvalue weighted by Gasteiger charge is -2.18. The molecule has 3 aromatic rings. The first-order valence-corrected chi connectivity index (χ1v) is 12.5. The van der Waals surface area contributed by atoms with Gasteiger partial charge in [-0.2, -0.15) is 0 Å². The van der Waals surface area contributed by atoms with Gasteiger partial charge in [-0.15, -0.1) is 10.2 Å². The first-order valence-electron chi connectivity index (χ1n) is 10.3. The number of nitrogens with zero attached hydrogens (tertiary/aromatic N) is 4. The zero-order valence-electron chi connectivity index (χ0n) is 17.4. The summed E-state index contributed by atoms with van der Waals surface area (Å²) >= 11 is 6.11. The topological polar surface area (TPSA) is 85.2 Å². The summed E-state index contributed by atoms with van der Waals surface area (Å²) in [6.45, 7) is 2.11. The van der Waals surface area contributed by atoms with E-state index in [1.807, 2.05) is 66.1 Å². The van der Waals surface area contributed by atoms with Crippen LogP contribution in [0.2, 0.25) is 5.02 Å². The number of amides is 1. The number of hydrogen-bond donors (Lipinski definition) is 0. The van der Waals surface area contributed by atoms with Crippen LogP contribution in [0.5, 0.6) is 0 Å². The van der Waals surface area contributed by atoms with Gasteiger partial charge in [0.15, 0.2) is 9.84 Å². The second-order valence-electron chi connectivity index (χ2n) is 8.09. The molecule has 5 rings (SSSR count). The molecule has 0 radical (unpaired) electrons.